The van der Waals surface area contributed by atoms with Gasteiger partial charge in [-0.1, -0.05) is 17.7 Å². The quantitative estimate of drug-likeness (QED) is 0.603. The van der Waals surface area contributed by atoms with Crippen molar-refractivity contribution in [2.45, 2.75) is 45.3 Å². The van der Waals surface area contributed by atoms with Crippen molar-refractivity contribution in [1.29, 1.82) is 0 Å². The van der Waals surface area contributed by atoms with Gasteiger partial charge in [-0.25, -0.2) is 0 Å². The van der Waals surface area contributed by atoms with Gasteiger partial charge in [0.05, 0.1) is 11.7 Å². The van der Waals surface area contributed by atoms with Crippen LogP contribution >= 0.6 is 0 Å². The van der Waals surface area contributed by atoms with Gasteiger partial charge in [-0.3, -0.25) is 0 Å². The zero-order valence-electron chi connectivity index (χ0n) is 12.3. The van der Waals surface area contributed by atoms with E-state index in [1.54, 1.807) is 6.07 Å². The summed E-state index contributed by atoms with van der Waals surface area (Å²) < 4.78 is 6.36. The van der Waals surface area contributed by atoms with Crippen molar-refractivity contribution in [2.75, 3.05) is 0 Å². The number of allylic oxidation sites excluding steroid dienone is 1. The lowest BCUT2D eigenvalue weighted by Crippen LogP contribution is -2.45. The number of hydrogen-bond donors (Lipinski definition) is 2. The smallest absolute Gasteiger partial charge is 0.157 e. The Morgan fingerprint density at radius 1 is 1.20 bits per heavy atom. The molecule has 3 atom stereocenters. The van der Waals surface area contributed by atoms with Crippen LogP contribution in [0.2, 0.25) is 0 Å². The highest BCUT2D eigenvalue weighted by Crippen LogP contribution is 2.51. The van der Waals surface area contributed by atoms with E-state index in [0.29, 0.717) is 11.8 Å². The first-order chi connectivity index (χ1) is 9.38. The number of ether oxygens (including phenoxy) is 1. The van der Waals surface area contributed by atoms with Crippen LogP contribution in [0.5, 0.6) is 11.5 Å². The van der Waals surface area contributed by atoms with Crippen LogP contribution < -0.4 is 0 Å². The summed E-state index contributed by atoms with van der Waals surface area (Å²) in [5.41, 5.74) is 2.15. The Hall–Kier alpha value is -1.48. The monoisotopic (exact) mass is 274 g/mol. The molecular weight excluding hydrogens is 252 g/mol. The van der Waals surface area contributed by atoms with Crippen LogP contribution in [0.25, 0.3) is 0 Å². The summed E-state index contributed by atoms with van der Waals surface area (Å²) in [6.45, 7) is 6.46. The number of aromatic hydroxyl groups is 2. The first-order valence-corrected chi connectivity index (χ1v) is 7.25. The molecule has 1 aromatic carbocycles. The molecule has 3 unspecified atom stereocenters. The molecule has 0 spiro atoms. The second-order valence-electron chi connectivity index (χ2n) is 6.61. The Morgan fingerprint density at radius 3 is 2.65 bits per heavy atom. The molecule has 3 heteroatoms. The predicted octanol–water partition coefficient (Wildman–Crippen LogP) is 3.92. The van der Waals surface area contributed by atoms with E-state index in [1.165, 1.54) is 11.6 Å². The summed E-state index contributed by atoms with van der Waals surface area (Å²) in [7, 11) is 0. The summed E-state index contributed by atoms with van der Waals surface area (Å²) in [5.74, 6) is 0.755. The van der Waals surface area contributed by atoms with Gasteiger partial charge in [0.15, 0.2) is 11.5 Å². The number of rotatable bonds is 1. The maximum atomic E-state index is 9.73. The lowest BCUT2D eigenvalue weighted by molar-refractivity contribution is -0.166. The van der Waals surface area contributed by atoms with Gasteiger partial charge in [-0.05, 0) is 57.2 Å². The third-order valence-corrected chi connectivity index (χ3v) is 4.95. The van der Waals surface area contributed by atoms with Crippen LogP contribution in [-0.2, 0) is 4.74 Å². The van der Waals surface area contributed by atoms with Crippen LogP contribution in [-0.4, -0.2) is 15.8 Å². The number of phenolic OH excluding ortho intramolecular Hbond substituents is 2. The summed E-state index contributed by atoms with van der Waals surface area (Å²) in [6, 6.07) is 5.01. The van der Waals surface area contributed by atoms with Gasteiger partial charge in [0.25, 0.3) is 0 Å². The second-order valence-corrected chi connectivity index (χ2v) is 6.61. The minimum atomic E-state index is -0.161. The summed E-state index contributed by atoms with van der Waals surface area (Å²) in [4.78, 5) is 0. The Balaban J connectivity index is 2.00. The number of hydrogen-bond acceptors (Lipinski definition) is 3. The van der Waals surface area contributed by atoms with Gasteiger partial charge >= 0.3 is 0 Å². The van der Waals surface area contributed by atoms with Crippen LogP contribution in [0.4, 0.5) is 0 Å². The minimum absolute atomic E-state index is 0.0516. The van der Waals surface area contributed by atoms with Gasteiger partial charge in [-0.2, -0.15) is 0 Å². The van der Waals surface area contributed by atoms with Crippen LogP contribution in [0.3, 0.4) is 0 Å². The molecule has 3 rings (SSSR count). The summed E-state index contributed by atoms with van der Waals surface area (Å²) >= 11 is 0. The molecule has 0 radical (unpaired) electrons. The maximum absolute atomic E-state index is 9.73. The molecule has 0 amide bonds. The average molecular weight is 274 g/mol. The molecule has 0 saturated carbocycles. The number of benzene rings is 1. The van der Waals surface area contributed by atoms with Crippen molar-refractivity contribution in [2.24, 2.45) is 11.8 Å². The van der Waals surface area contributed by atoms with E-state index in [4.69, 9.17) is 4.74 Å². The van der Waals surface area contributed by atoms with E-state index in [-0.39, 0.29) is 23.2 Å². The van der Waals surface area contributed by atoms with E-state index in [0.717, 1.165) is 18.4 Å². The number of phenols is 2. The topological polar surface area (TPSA) is 49.7 Å². The zero-order chi connectivity index (χ0) is 14.5. The molecule has 2 bridgehead atoms. The summed E-state index contributed by atoms with van der Waals surface area (Å²) in [6.07, 6.45) is 4.49. The van der Waals surface area contributed by atoms with Crippen LogP contribution in [0, 0.1) is 11.8 Å². The molecular formula is C17H22O3. The molecule has 1 aliphatic heterocycles. The highest BCUT2D eigenvalue weighted by Gasteiger charge is 2.45. The Labute approximate surface area is 119 Å². The van der Waals surface area contributed by atoms with E-state index in [9.17, 15) is 10.2 Å². The predicted molar refractivity (Wildman–Crippen MR) is 77.6 cm³/mol. The zero-order valence-corrected chi connectivity index (χ0v) is 12.3. The van der Waals surface area contributed by atoms with Crippen molar-refractivity contribution in [3.05, 3.63) is 35.4 Å². The molecule has 1 saturated heterocycles. The van der Waals surface area contributed by atoms with Crippen molar-refractivity contribution in [3.8, 4) is 11.5 Å². The van der Waals surface area contributed by atoms with E-state index in [2.05, 4.69) is 26.8 Å². The highest BCUT2D eigenvalue weighted by atomic mass is 16.5. The molecule has 3 nitrogen and oxygen atoms in total. The lowest BCUT2D eigenvalue weighted by atomic mass is 9.69. The van der Waals surface area contributed by atoms with E-state index in [1.807, 2.05) is 6.07 Å². The normalized spacial score (nSPS) is 31.8. The molecule has 1 heterocycles. The first kappa shape index (κ1) is 13.5. The van der Waals surface area contributed by atoms with Crippen LogP contribution in [0.15, 0.2) is 29.8 Å². The van der Waals surface area contributed by atoms with Gasteiger partial charge in [0.1, 0.15) is 0 Å². The molecule has 2 aliphatic rings. The van der Waals surface area contributed by atoms with E-state index >= 15 is 0 Å². The Morgan fingerprint density at radius 2 is 1.95 bits per heavy atom. The Kier molecular flexibility index (Phi) is 3.05. The fourth-order valence-corrected chi connectivity index (χ4v) is 3.52. The summed E-state index contributed by atoms with van der Waals surface area (Å²) in [5, 5.41) is 19.2. The standard InChI is InChI=1S/C17H22O3/c1-10-4-6-12-9-13(10)16(20-17(12,2)3)11-5-7-14(18)15(19)8-11/h4-5,7-8,12-13,16,18-19H,6,9H2,1-3H3. The third-order valence-electron chi connectivity index (χ3n) is 4.95. The van der Waals surface area contributed by atoms with Crippen LogP contribution in [0.1, 0.15) is 45.3 Å². The SMILES string of the molecule is CC1=CCC2CC1C(c1ccc(O)c(O)c1)OC2(C)C. The van der Waals surface area contributed by atoms with Gasteiger partial charge < -0.3 is 14.9 Å². The molecule has 20 heavy (non-hydrogen) atoms. The van der Waals surface area contributed by atoms with Gasteiger partial charge in [0, 0.05) is 5.92 Å². The van der Waals surface area contributed by atoms with Crippen molar-refractivity contribution >= 4 is 0 Å². The fraction of sp³-hybridized carbons (Fsp3) is 0.529. The fourth-order valence-electron chi connectivity index (χ4n) is 3.52. The minimum Gasteiger partial charge on any atom is -0.504 e. The second kappa shape index (κ2) is 4.52. The largest absolute Gasteiger partial charge is 0.504 e. The van der Waals surface area contributed by atoms with Gasteiger partial charge in [-0.15, -0.1) is 0 Å². The molecule has 108 valence electrons. The molecule has 0 aromatic heterocycles. The van der Waals surface area contributed by atoms with E-state index < -0.39 is 0 Å². The Bertz CT molecular complexity index is 559. The first-order valence-electron chi connectivity index (χ1n) is 7.25. The van der Waals surface area contributed by atoms with Crippen molar-refractivity contribution in [1.82, 2.24) is 0 Å². The maximum Gasteiger partial charge on any atom is 0.157 e. The molecule has 2 N–H and O–H groups in total. The van der Waals surface area contributed by atoms with Gasteiger partial charge in [0.2, 0.25) is 0 Å². The highest BCUT2D eigenvalue weighted by molar-refractivity contribution is 5.42. The molecule has 1 aliphatic carbocycles. The third kappa shape index (κ3) is 2.10. The molecule has 1 aromatic rings. The lowest BCUT2D eigenvalue weighted by Gasteiger charge is -2.49. The molecule has 1 fully saturated rings. The van der Waals surface area contributed by atoms with Crippen molar-refractivity contribution in [3.63, 3.8) is 0 Å². The average Bonchev–Trinajstić information content (AvgIpc) is 2.39. The van der Waals surface area contributed by atoms with Crippen molar-refractivity contribution < 1.29 is 14.9 Å². The number of fused-ring (bicyclic) bond motifs is 2.